The highest BCUT2D eigenvalue weighted by Gasteiger charge is 2.12. The molecule has 0 saturated carbocycles. The third-order valence-electron chi connectivity index (χ3n) is 1.98. The molecule has 0 amide bonds. The zero-order valence-electron chi connectivity index (χ0n) is 9.78. The lowest BCUT2D eigenvalue weighted by atomic mass is 10.2. The van der Waals surface area contributed by atoms with Gasteiger partial charge in [0.15, 0.2) is 8.68 Å². The van der Waals surface area contributed by atoms with Crippen molar-refractivity contribution in [3.63, 3.8) is 0 Å². The maximum atomic E-state index is 10.6. The summed E-state index contributed by atoms with van der Waals surface area (Å²) in [7, 11) is 0. The molecule has 2 heterocycles. The summed E-state index contributed by atoms with van der Waals surface area (Å²) in [6.45, 7) is 4.09. The molecule has 2 aromatic heterocycles. The maximum Gasteiger partial charge on any atom is 0.309 e. The highest BCUT2D eigenvalue weighted by molar-refractivity contribution is 8.02. The largest absolute Gasteiger partial charge is 0.481 e. The van der Waals surface area contributed by atoms with E-state index in [2.05, 4.69) is 14.3 Å². The van der Waals surface area contributed by atoms with Gasteiger partial charge in [-0.05, 0) is 23.3 Å². The minimum atomic E-state index is -0.866. The van der Waals surface area contributed by atoms with Gasteiger partial charge in [0.05, 0.1) is 12.1 Å². The molecule has 0 aromatic carbocycles. The van der Waals surface area contributed by atoms with Crippen LogP contribution in [0.25, 0.3) is 0 Å². The molecule has 2 aromatic rings. The number of aliphatic carboxylic acids is 1. The third-order valence-corrected chi connectivity index (χ3v) is 4.73. The summed E-state index contributed by atoms with van der Waals surface area (Å²) in [6.07, 6.45) is -0.0373. The Morgan fingerprint density at radius 3 is 2.83 bits per heavy atom. The lowest BCUT2D eigenvalue weighted by Gasteiger charge is -1.94. The van der Waals surface area contributed by atoms with Gasteiger partial charge in [-0.2, -0.15) is 4.37 Å². The second-order valence-electron chi connectivity index (χ2n) is 3.85. The van der Waals surface area contributed by atoms with Crippen LogP contribution in [0.3, 0.4) is 0 Å². The van der Waals surface area contributed by atoms with E-state index in [-0.39, 0.29) is 6.42 Å². The van der Waals surface area contributed by atoms with E-state index in [0.29, 0.717) is 11.6 Å². The molecule has 5 nitrogen and oxygen atoms in total. The predicted molar refractivity (Wildman–Crippen MR) is 71.6 cm³/mol. The second-order valence-corrected chi connectivity index (χ2v) is 6.95. The molecule has 1 N–H and O–H groups in total. The average molecular weight is 301 g/mol. The topological polar surface area (TPSA) is 76.0 Å². The molecule has 0 atom stereocenters. The number of aromatic nitrogens is 3. The normalized spacial score (nSPS) is 11.1. The van der Waals surface area contributed by atoms with Crippen molar-refractivity contribution in [2.75, 3.05) is 0 Å². The number of carbonyl (C=O) groups is 1. The maximum absolute atomic E-state index is 10.6. The fourth-order valence-electron chi connectivity index (χ4n) is 1.14. The van der Waals surface area contributed by atoms with Crippen LogP contribution < -0.4 is 0 Å². The lowest BCUT2D eigenvalue weighted by Crippen LogP contribution is -1.99. The zero-order chi connectivity index (χ0) is 13.1. The van der Waals surface area contributed by atoms with Crippen molar-refractivity contribution in [2.45, 2.75) is 34.9 Å². The number of carboxylic acids is 1. The van der Waals surface area contributed by atoms with Gasteiger partial charge in [-0.3, -0.25) is 4.79 Å². The molecule has 0 aliphatic heterocycles. The fraction of sp³-hybridized carbons (Fsp3) is 0.400. The summed E-state index contributed by atoms with van der Waals surface area (Å²) < 4.78 is 5.91. The molecule has 0 aliphatic carbocycles. The molecule has 96 valence electrons. The molecule has 0 spiro atoms. The smallest absolute Gasteiger partial charge is 0.309 e. The van der Waals surface area contributed by atoms with E-state index < -0.39 is 5.97 Å². The number of nitrogens with zero attached hydrogens (tertiary/aromatic N) is 3. The molecule has 18 heavy (non-hydrogen) atoms. The molecule has 2 rings (SSSR count). The number of hydrogen-bond donors (Lipinski definition) is 1. The van der Waals surface area contributed by atoms with Crippen LogP contribution in [0.2, 0.25) is 0 Å². The highest BCUT2D eigenvalue weighted by atomic mass is 32.2. The van der Waals surface area contributed by atoms with E-state index in [1.165, 1.54) is 34.6 Å². The Labute approximate surface area is 116 Å². The van der Waals surface area contributed by atoms with Crippen molar-refractivity contribution < 1.29 is 9.90 Å². The summed E-state index contributed by atoms with van der Waals surface area (Å²) in [5.41, 5.74) is 0.587. The first kappa shape index (κ1) is 13.4. The van der Waals surface area contributed by atoms with Crippen molar-refractivity contribution in [3.8, 4) is 0 Å². The Balaban J connectivity index is 2.04. The molecule has 0 unspecified atom stereocenters. The van der Waals surface area contributed by atoms with Gasteiger partial charge in [0, 0.05) is 11.3 Å². The van der Waals surface area contributed by atoms with Crippen LogP contribution in [0, 0.1) is 0 Å². The number of thiazole rings is 1. The molecular formula is C10H11N3O2S3. The lowest BCUT2D eigenvalue weighted by molar-refractivity contribution is -0.136. The summed E-state index contributed by atoms with van der Waals surface area (Å²) in [5.74, 6) is 0.286. The molecule has 0 fully saturated rings. The van der Waals surface area contributed by atoms with E-state index >= 15 is 0 Å². The molecule has 8 heteroatoms. The summed E-state index contributed by atoms with van der Waals surface area (Å²) in [5, 5.41) is 10.4. The summed E-state index contributed by atoms with van der Waals surface area (Å²) in [4.78, 5) is 19.2. The van der Waals surface area contributed by atoms with Crippen LogP contribution in [0.1, 0.15) is 31.3 Å². The third kappa shape index (κ3) is 3.50. The van der Waals surface area contributed by atoms with E-state index in [4.69, 9.17) is 5.11 Å². The van der Waals surface area contributed by atoms with Gasteiger partial charge in [-0.15, -0.1) is 11.3 Å². The van der Waals surface area contributed by atoms with Crippen LogP contribution in [0.4, 0.5) is 0 Å². The quantitative estimate of drug-likeness (QED) is 0.915. The van der Waals surface area contributed by atoms with E-state index in [0.717, 1.165) is 14.5 Å². The van der Waals surface area contributed by atoms with Gasteiger partial charge in [-0.25, -0.2) is 9.97 Å². The first-order valence-electron chi connectivity index (χ1n) is 5.22. The molecule has 0 bridgehead atoms. The minimum Gasteiger partial charge on any atom is -0.481 e. The van der Waals surface area contributed by atoms with Crippen LogP contribution in [-0.4, -0.2) is 25.4 Å². The Hall–Kier alpha value is -0.990. The monoisotopic (exact) mass is 301 g/mol. The van der Waals surface area contributed by atoms with Crippen molar-refractivity contribution >= 4 is 40.6 Å². The van der Waals surface area contributed by atoms with Crippen molar-refractivity contribution in [3.05, 3.63) is 16.9 Å². The Morgan fingerprint density at radius 2 is 2.22 bits per heavy atom. The predicted octanol–water partition coefficient (Wildman–Crippen LogP) is 2.90. The van der Waals surface area contributed by atoms with Crippen LogP contribution in [-0.2, 0) is 11.2 Å². The van der Waals surface area contributed by atoms with Gasteiger partial charge in [0.25, 0.3) is 0 Å². The number of carboxylic acid groups (broad SMARTS) is 1. The van der Waals surface area contributed by atoms with E-state index in [9.17, 15) is 4.79 Å². The van der Waals surface area contributed by atoms with Gasteiger partial charge in [0.1, 0.15) is 5.82 Å². The molecule has 0 saturated heterocycles. The van der Waals surface area contributed by atoms with Crippen molar-refractivity contribution in [2.24, 2.45) is 0 Å². The summed E-state index contributed by atoms with van der Waals surface area (Å²) >= 11 is 4.21. The fourth-order valence-corrected chi connectivity index (χ4v) is 3.92. The minimum absolute atomic E-state index is 0.0373. The van der Waals surface area contributed by atoms with Crippen molar-refractivity contribution in [1.82, 2.24) is 14.3 Å². The zero-order valence-corrected chi connectivity index (χ0v) is 12.2. The molecular weight excluding hydrogens is 290 g/mol. The van der Waals surface area contributed by atoms with Crippen molar-refractivity contribution in [1.29, 1.82) is 0 Å². The van der Waals surface area contributed by atoms with E-state index in [1.807, 2.05) is 13.8 Å². The number of rotatable bonds is 5. The van der Waals surface area contributed by atoms with Gasteiger partial charge >= 0.3 is 5.97 Å². The van der Waals surface area contributed by atoms with Gasteiger partial charge < -0.3 is 5.11 Å². The molecule has 0 radical (unpaired) electrons. The van der Waals surface area contributed by atoms with E-state index in [1.54, 1.807) is 5.38 Å². The number of hydrogen-bond acceptors (Lipinski definition) is 7. The highest BCUT2D eigenvalue weighted by Crippen LogP contribution is 2.32. The van der Waals surface area contributed by atoms with Gasteiger partial charge in [-0.1, -0.05) is 13.8 Å². The summed E-state index contributed by atoms with van der Waals surface area (Å²) in [6, 6.07) is 0. The Morgan fingerprint density at radius 1 is 1.44 bits per heavy atom. The van der Waals surface area contributed by atoms with Crippen LogP contribution in [0.15, 0.2) is 14.1 Å². The first-order chi connectivity index (χ1) is 8.54. The van der Waals surface area contributed by atoms with Gasteiger partial charge in [0.2, 0.25) is 0 Å². The van der Waals surface area contributed by atoms with Crippen LogP contribution >= 0.6 is 34.6 Å². The first-order valence-corrected chi connectivity index (χ1v) is 7.69. The SMILES string of the molecule is CC(C)c1nsc(Sc2nc(CC(=O)O)cs2)n1. The Bertz CT molecular complexity index is 550. The molecule has 0 aliphatic rings. The second kappa shape index (κ2) is 5.77. The van der Waals surface area contributed by atoms with Crippen LogP contribution in [0.5, 0.6) is 0 Å². The standard InChI is InChI=1S/C10H11N3O2S3/c1-5(2)8-12-10(18-13-8)17-9-11-6(4-16-9)3-7(14)15/h4-5H,3H2,1-2H3,(H,14,15). The Kier molecular flexibility index (Phi) is 4.31. The average Bonchev–Trinajstić information content (AvgIpc) is 2.88.